The Labute approximate surface area is 112 Å². The first-order chi connectivity index (χ1) is 8.29. The summed E-state index contributed by atoms with van der Waals surface area (Å²) in [6.45, 7) is 2.44. The zero-order valence-corrected chi connectivity index (χ0v) is 11.3. The van der Waals surface area contributed by atoms with Gasteiger partial charge in [-0.2, -0.15) is 0 Å². The summed E-state index contributed by atoms with van der Waals surface area (Å²) < 4.78 is 5.37. The van der Waals surface area contributed by atoms with E-state index in [2.05, 4.69) is 12.1 Å². The molecular formula is C13H18ClNOS. The standard InChI is InChI=1S/C13H18ClNOS/c14-11-3-1-10(2-4-11)13(9-15)17-12-5-7-16-8-6-12/h1-4,12-13H,5-9,15H2. The van der Waals surface area contributed by atoms with E-state index < -0.39 is 0 Å². The lowest BCUT2D eigenvalue weighted by atomic mass is 10.1. The van der Waals surface area contributed by atoms with Crippen LogP contribution in [0, 0.1) is 0 Å². The third kappa shape index (κ3) is 3.88. The SMILES string of the molecule is NCC(SC1CCOCC1)c1ccc(Cl)cc1. The molecular weight excluding hydrogens is 254 g/mol. The van der Waals surface area contributed by atoms with Crippen LogP contribution < -0.4 is 5.73 Å². The summed E-state index contributed by atoms with van der Waals surface area (Å²) in [7, 11) is 0. The smallest absolute Gasteiger partial charge is 0.0476 e. The van der Waals surface area contributed by atoms with Crippen molar-refractivity contribution in [1.29, 1.82) is 0 Å². The summed E-state index contributed by atoms with van der Waals surface area (Å²) in [4.78, 5) is 0. The third-order valence-electron chi connectivity index (χ3n) is 2.98. The first-order valence-electron chi connectivity index (χ1n) is 5.98. The summed E-state index contributed by atoms with van der Waals surface area (Å²) in [5, 5.41) is 1.82. The Morgan fingerprint density at radius 2 is 1.94 bits per heavy atom. The fourth-order valence-electron chi connectivity index (χ4n) is 1.99. The minimum absolute atomic E-state index is 0.371. The molecule has 1 aromatic carbocycles. The molecule has 1 aliphatic rings. The van der Waals surface area contributed by atoms with Crippen molar-refractivity contribution in [3.05, 3.63) is 34.9 Å². The monoisotopic (exact) mass is 271 g/mol. The van der Waals surface area contributed by atoms with Gasteiger partial charge in [0.25, 0.3) is 0 Å². The number of rotatable bonds is 4. The van der Waals surface area contributed by atoms with E-state index in [1.807, 2.05) is 23.9 Å². The first kappa shape index (κ1) is 13.2. The Morgan fingerprint density at radius 3 is 2.53 bits per heavy atom. The van der Waals surface area contributed by atoms with Gasteiger partial charge in [0.2, 0.25) is 0 Å². The van der Waals surface area contributed by atoms with Crippen molar-refractivity contribution in [3.8, 4) is 0 Å². The number of thioether (sulfide) groups is 1. The minimum atomic E-state index is 0.371. The molecule has 1 aliphatic heterocycles. The van der Waals surface area contributed by atoms with Crippen LogP contribution in [0.3, 0.4) is 0 Å². The van der Waals surface area contributed by atoms with Crippen LogP contribution in [0.25, 0.3) is 0 Å². The summed E-state index contributed by atoms with van der Waals surface area (Å²) in [5.74, 6) is 0. The summed E-state index contributed by atoms with van der Waals surface area (Å²) >= 11 is 7.87. The minimum Gasteiger partial charge on any atom is -0.381 e. The lowest BCUT2D eigenvalue weighted by Crippen LogP contribution is -2.21. The molecule has 0 saturated carbocycles. The predicted molar refractivity (Wildman–Crippen MR) is 74.7 cm³/mol. The molecule has 94 valence electrons. The predicted octanol–water partition coefficient (Wildman–Crippen LogP) is 3.25. The van der Waals surface area contributed by atoms with Gasteiger partial charge in [0.15, 0.2) is 0 Å². The van der Waals surface area contributed by atoms with Crippen LogP contribution >= 0.6 is 23.4 Å². The second-order valence-electron chi connectivity index (χ2n) is 4.22. The van der Waals surface area contributed by atoms with E-state index in [9.17, 15) is 0 Å². The van der Waals surface area contributed by atoms with Crippen molar-refractivity contribution in [2.45, 2.75) is 23.3 Å². The van der Waals surface area contributed by atoms with Crippen molar-refractivity contribution in [3.63, 3.8) is 0 Å². The van der Waals surface area contributed by atoms with E-state index in [4.69, 9.17) is 22.1 Å². The molecule has 0 aliphatic carbocycles. The van der Waals surface area contributed by atoms with Crippen LogP contribution in [-0.4, -0.2) is 25.0 Å². The number of benzene rings is 1. The van der Waals surface area contributed by atoms with Gasteiger partial charge in [0.05, 0.1) is 0 Å². The van der Waals surface area contributed by atoms with Gasteiger partial charge in [0.1, 0.15) is 0 Å². The van der Waals surface area contributed by atoms with E-state index in [-0.39, 0.29) is 0 Å². The molecule has 0 radical (unpaired) electrons. The average molecular weight is 272 g/mol. The Morgan fingerprint density at radius 1 is 1.29 bits per heavy atom. The van der Waals surface area contributed by atoms with Crippen LogP contribution in [0.5, 0.6) is 0 Å². The van der Waals surface area contributed by atoms with Gasteiger partial charge in [-0.3, -0.25) is 0 Å². The second kappa shape index (κ2) is 6.64. The van der Waals surface area contributed by atoms with Gasteiger partial charge in [-0.05, 0) is 30.5 Å². The van der Waals surface area contributed by atoms with E-state index in [1.54, 1.807) is 0 Å². The number of hydrogen-bond donors (Lipinski definition) is 1. The lowest BCUT2D eigenvalue weighted by Gasteiger charge is -2.26. The quantitative estimate of drug-likeness (QED) is 0.913. The third-order valence-corrected chi connectivity index (χ3v) is 4.88. The highest BCUT2D eigenvalue weighted by molar-refractivity contribution is 8.00. The Hall–Kier alpha value is -0.220. The second-order valence-corrected chi connectivity index (χ2v) is 6.17. The Balaban J connectivity index is 1.97. The largest absolute Gasteiger partial charge is 0.381 e. The van der Waals surface area contributed by atoms with Gasteiger partial charge >= 0.3 is 0 Å². The van der Waals surface area contributed by atoms with Crippen molar-refractivity contribution in [2.24, 2.45) is 5.73 Å². The van der Waals surface area contributed by atoms with Gasteiger partial charge in [-0.15, -0.1) is 11.8 Å². The normalized spacial score (nSPS) is 19.2. The van der Waals surface area contributed by atoms with E-state index in [0.29, 0.717) is 17.0 Å². The van der Waals surface area contributed by atoms with E-state index in [0.717, 1.165) is 31.1 Å². The number of ether oxygens (including phenoxy) is 1. The fraction of sp³-hybridized carbons (Fsp3) is 0.538. The van der Waals surface area contributed by atoms with Gasteiger partial charge < -0.3 is 10.5 Å². The van der Waals surface area contributed by atoms with Crippen LogP contribution in [0.15, 0.2) is 24.3 Å². The zero-order chi connectivity index (χ0) is 12.1. The van der Waals surface area contributed by atoms with Crippen LogP contribution in [-0.2, 0) is 4.74 Å². The van der Waals surface area contributed by atoms with Crippen molar-refractivity contribution >= 4 is 23.4 Å². The molecule has 1 saturated heterocycles. The molecule has 1 atom stereocenters. The molecule has 2 nitrogen and oxygen atoms in total. The molecule has 4 heteroatoms. The highest BCUT2D eigenvalue weighted by atomic mass is 35.5. The molecule has 2 rings (SSSR count). The first-order valence-corrected chi connectivity index (χ1v) is 7.30. The Kier molecular flexibility index (Phi) is 5.16. The molecule has 0 aromatic heterocycles. The van der Waals surface area contributed by atoms with Crippen molar-refractivity contribution < 1.29 is 4.74 Å². The molecule has 1 heterocycles. The maximum Gasteiger partial charge on any atom is 0.0476 e. The van der Waals surface area contributed by atoms with Crippen LogP contribution in [0.4, 0.5) is 0 Å². The molecule has 0 spiro atoms. The molecule has 1 fully saturated rings. The summed E-state index contributed by atoms with van der Waals surface area (Å²) in [5.41, 5.74) is 7.15. The van der Waals surface area contributed by atoms with Gasteiger partial charge in [-0.25, -0.2) is 0 Å². The molecule has 17 heavy (non-hydrogen) atoms. The number of hydrogen-bond acceptors (Lipinski definition) is 3. The number of nitrogens with two attached hydrogens (primary N) is 1. The fourth-order valence-corrected chi connectivity index (χ4v) is 3.47. The summed E-state index contributed by atoms with van der Waals surface area (Å²) in [6, 6.07) is 8.02. The molecule has 1 unspecified atom stereocenters. The number of halogens is 1. The molecule has 0 amide bonds. The van der Waals surface area contributed by atoms with Crippen LogP contribution in [0.2, 0.25) is 5.02 Å². The Bertz CT molecular complexity index is 338. The van der Waals surface area contributed by atoms with Crippen molar-refractivity contribution in [1.82, 2.24) is 0 Å². The molecule has 1 aromatic rings. The lowest BCUT2D eigenvalue weighted by molar-refractivity contribution is 0.0999. The summed E-state index contributed by atoms with van der Waals surface area (Å²) in [6.07, 6.45) is 2.27. The highest BCUT2D eigenvalue weighted by Gasteiger charge is 2.20. The van der Waals surface area contributed by atoms with Gasteiger partial charge in [0, 0.05) is 35.3 Å². The maximum atomic E-state index is 5.90. The topological polar surface area (TPSA) is 35.2 Å². The maximum absolute atomic E-state index is 5.90. The zero-order valence-electron chi connectivity index (χ0n) is 9.77. The van der Waals surface area contributed by atoms with Gasteiger partial charge in [-0.1, -0.05) is 23.7 Å². The van der Waals surface area contributed by atoms with Crippen LogP contribution in [0.1, 0.15) is 23.7 Å². The van der Waals surface area contributed by atoms with Crippen molar-refractivity contribution in [2.75, 3.05) is 19.8 Å². The van der Waals surface area contributed by atoms with E-state index in [1.165, 1.54) is 5.56 Å². The molecule has 2 N–H and O–H groups in total. The average Bonchev–Trinajstić information content (AvgIpc) is 2.38. The van der Waals surface area contributed by atoms with E-state index >= 15 is 0 Å². The highest BCUT2D eigenvalue weighted by Crippen LogP contribution is 2.35. The molecule has 0 bridgehead atoms.